The third-order valence-corrected chi connectivity index (χ3v) is 4.28. The van der Waals surface area contributed by atoms with E-state index in [1.807, 2.05) is 12.1 Å². The Balaban J connectivity index is 1.72. The summed E-state index contributed by atoms with van der Waals surface area (Å²) in [7, 11) is 0. The molecule has 1 saturated heterocycles. The zero-order valence-corrected chi connectivity index (χ0v) is 12.0. The van der Waals surface area contributed by atoms with Gasteiger partial charge in [-0.2, -0.15) is 5.10 Å². The predicted octanol–water partition coefficient (Wildman–Crippen LogP) is 2.88. The van der Waals surface area contributed by atoms with Crippen LogP contribution in [0, 0.1) is 5.82 Å². The molecule has 1 aliphatic heterocycles. The van der Waals surface area contributed by atoms with E-state index in [0.717, 1.165) is 31.6 Å². The van der Waals surface area contributed by atoms with Crippen LogP contribution < -0.4 is 4.90 Å². The van der Waals surface area contributed by atoms with Gasteiger partial charge in [0.15, 0.2) is 0 Å². The number of aromatic amines is 1. The molecule has 2 aromatic heterocycles. The number of fused-ring (bicyclic) bond motifs is 1. The van der Waals surface area contributed by atoms with Crippen LogP contribution in [0.3, 0.4) is 0 Å². The van der Waals surface area contributed by atoms with Crippen molar-refractivity contribution in [1.82, 2.24) is 20.2 Å². The van der Waals surface area contributed by atoms with Crippen molar-refractivity contribution in [2.24, 2.45) is 0 Å². The van der Waals surface area contributed by atoms with Crippen LogP contribution in [-0.2, 0) is 0 Å². The van der Waals surface area contributed by atoms with E-state index in [4.69, 9.17) is 0 Å². The minimum Gasteiger partial charge on any atom is -0.355 e. The number of anilines is 1. The fraction of sp³-hybridized carbons (Fsp3) is 0.312. The predicted molar refractivity (Wildman–Crippen MR) is 82.3 cm³/mol. The number of rotatable bonds is 2. The lowest BCUT2D eigenvalue weighted by Crippen LogP contribution is -2.35. The third kappa shape index (κ3) is 2.20. The number of H-pyrrole nitrogens is 1. The number of halogens is 1. The highest BCUT2D eigenvalue weighted by atomic mass is 19.1. The number of nitrogens with one attached hydrogen (secondary N) is 1. The highest BCUT2D eigenvalue weighted by Gasteiger charge is 2.25. The molecule has 1 unspecified atom stereocenters. The maximum atomic E-state index is 14.2. The van der Waals surface area contributed by atoms with E-state index in [1.165, 1.54) is 12.4 Å². The maximum Gasteiger partial charge on any atom is 0.142 e. The molecule has 1 N–H and O–H groups in total. The molecule has 6 heteroatoms. The lowest BCUT2D eigenvalue weighted by Gasteiger charge is -2.33. The molecule has 4 rings (SSSR count). The quantitative estimate of drug-likeness (QED) is 0.790. The molecule has 112 valence electrons. The smallest absolute Gasteiger partial charge is 0.142 e. The first-order valence-corrected chi connectivity index (χ1v) is 7.46. The van der Waals surface area contributed by atoms with E-state index in [2.05, 4.69) is 25.1 Å². The molecule has 5 nitrogen and oxygen atoms in total. The molecular weight excluding hydrogens is 281 g/mol. The zero-order chi connectivity index (χ0) is 14.9. The summed E-state index contributed by atoms with van der Waals surface area (Å²) < 4.78 is 14.2. The van der Waals surface area contributed by atoms with Gasteiger partial charge in [0, 0.05) is 30.9 Å². The summed E-state index contributed by atoms with van der Waals surface area (Å²) in [6.45, 7) is 1.69. The fourth-order valence-corrected chi connectivity index (χ4v) is 3.21. The minimum atomic E-state index is -0.267. The first-order valence-electron chi connectivity index (χ1n) is 7.46. The second-order valence-electron chi connectivity index (χ2n) is 5.63. The molecule has 3 heterocycles. The Labute approximate surface area is 127 Å². The molecule has 0 bridgehead atoms. The number of hydrogen-bond acceptors (Lipinski definition) is 4. The van der Waals surface area contributed by atoms with Gasteiger partial charge >= 0.3 is 0 Å². The van der Waals surface area contributed by atoms with Crippen molar-refractivity contribution < 1.29 is 4.39 Å². The SMILES string of the molecule is Fc1cccc2ncnc(N3CCCC(c4ccn[nH]4)C3)c12. The Bertz CT molecular complexity index is 781. The van der Waals surface area contributed by atoms with Crippen molar-refractivity contribution in [2.75, 3.05) is 18.0 Å². The number of benzene rings is 1. The third-order valence-electron chi connectivity index (χ3n) is 4.28. The fourth-order valence-electron chi connectivity index (χ4n) is 3.21. The van der Waals surface area contributed by atoms with Crippen LogP contribution in [0.1, 0.15) is 24.5 Å². The highest BCUT2D eigenvalue weighted by molar-refractivity contribution is 5.89. The van der Waals surface area contributed by atoms with Gasteiger partial charge in [0.2, 0.25) is 0 Å². The van der Waals surface area contributed by atoms with Gasteiger partial charge in [0.25, 0.3) is 0 Å². The lowest BCUT2D eigenvalue weighted by molar-refractivity contribution is 0.498. The Hall–Kier alpha value is -2.50. The van der Waals surface area contributed by atoms with Gasteiger partial charge in [0.1, 0.15) is 18.0 Å². The van der Waals surface area contributed by atoms with Crippen LogP contribution in [0.2, 0.25) is 0 Å². The molecule has 22 heavy (non-hydrogen) atoms. The van der Waals surface area contributed by atoms with E-state index in [1.54, 1.807) is 12.3 Å². The van der Waals surface area contributed by atoms with Crippen molar-refractivity contribution in [3.05, 3.63) is 48.3 Å². The lowest BCUT2D eigenvalue weighted by atomic mass is 9.94. The molecular formula is C16H16FN5. The summed E-state index contributed by atoms with van der Waals surface area (Å²) in [6.07, 6.45) is 5.43. The van der Waals surface area contributed by atoms with Crippen molar-refractivity contribution in [3.8, 4) is 0 Å². The number of piperidine rings is 1. The number of nitrogens with zero attached hydrogens (tertiary/aromatic N) is 4. The van der Waals surface area contributed by atoms with Crippen LogP contribution in [0.15, 0.2) is 36.8 Å². The Morgan fingerprint density at radius 2 is 2.18 bits per heavy atom. The Morgan fingerprint density at radius 1 is 1.23 bits per heavy atom. The summed E-state index contributed by atoms with van der Waals surface area (Å²) in [6, 6.07) is 6.97. The molecule has 3 aromatic rings. The van der Waals surface area contributed by atoms with E-state index in [0.29, 0.717) is 22.6 Å². The normalized spacial score (nSPS) is 18.8. The van der Waals surface area contributed by atoms with E-state index >= 15 is 0 Å². The van der Waals surface area contributed by atoms with E-state index in [9.17, 15) is 4.39 Å². The summed E-state index contributed by atoms with van der Waals surface area (Å²) in [5.41, 5.74) is 1.78. The molecule has 1 atom stereocenters. The molecule has 1 aliphatic rings. The first-order chi connectivity index (χ1) is 10.8. The van der Waals surface area contributed by atoms with E-state index < -0.39 is 0 Å². The van der Waals surface area contributed by atoms with Gasteiger partial charge in [0.05, 0.1) is 10.9 Å². The minimum absolute atomic E-state index is 0.267. The zero-order valence-electron chi connectivity index (χ0n) is 12.0. The maximum absolute atomic E-state index is 14.2. The molecule has 0 radical (unpaired) electrons. The van der Waals surface area contributed by atoms with Crippen LogP contribution in [0.4, 0.5) is 10.2 Å². The number of hydrogen-bond donors (Lipinski definition) is 1. The summed E-state index contributed by atoms with van der Waals surface area (Å²) in [4.78, 5) is 10.7. The van der Waals surface area contributed by atoms with Crippen molar-refractivity contribution in [2.45, 2.75) is 18.8 Å². The molecule has 1 fully saturated rings. The molecule has 0 aliphatic carbocycles. The van der Waals surface area contributed by atoms with Crippen LogP contribution in [0.5, 0.6) is 0 Å². The van der Waals surface area contributed by atoms with E-state index in [-0.39, 0.29) is 5.82 Å². The molecule has 0 spiro atoms. The summed E-state index contributed by atoms with van der Waals surface area (Å²) >= 11 is 0. The average molecular weight is 297 g/mol. The highest BCUT2D eigenvalue weighted by Crippen LogP contribution is 2.32. The van der Waals surface area contributed by atoms with Gasteiger partial charge in [-0.1, -0.05) is 6.07 Å². The first kappa shape index (κ1) is 13.2. The topological polar surface area (TPSA) is 57.7 Å². The summed E-state index contributed by atoms with van der Waals surface area (Å²) in [5.74, 6) is 0.789. The van der Waals surface area contributed by atoms with Crippen molar-refractivity contribution in [1.29, 1.82) is 0 Å². The van der Waals surface area contributed by atoms with Crippen LogP contribution in [0.25, 0.3) is 10.9 Å². The van der Waals surface area contributed by atoms with Gasteiger partial charge in [-0.05, 0) is 31.0 Å². The monoisotopic (exact) mass is 297 g/mol. The van der Waals surface area contributed by atoms with Gasteiger partial charge in [-0.25, -0.2) is 14.4 Å². The Kier molecular flexibility index (Phi) is 3.21. The summed E-state index contributed by atoms with van der Waals surface area (Å²) in [5, 5.41) is 7.58. The Morgan fingerprint density at radius 3 is 3.05 bits per heavy atom. The molecule has 1 aromatic carbocycles. The van der Waals surface area contributed by atoms with Gasteiger partial charge < -0.3 is 4.90 Å². The van der Waals surface area contributed by atoms with Crippen molar-refractivity contribution >= 4 is 16.7 Å². The average Bonchev–Trinajstić information content (AvgIpc) is 3.09. The second kappa shape index (κ2) is 5.36. The number of aromatic nitrogens is 4. The van der Waals surface area contributed by atoms with Crippen molar-refractivity contribution in [3.63, 3.8) is 0 Å². The standard InChI is InChI=1S/C16H16FN5/c17-12-4-1-5-14-15(12)16(19-10-18-14)22-8-2-3-11(9-22)13-6-7-20-21-13/h1,4-7,10-11H,2-3,8-9H2,(H,20,21). The molecule has 0 amide bonds. The van der Waals surface area contributed by atoms with Gasteiger partial charge in [-0.15, -0.1) is 0 Å². The second-order valence-corrected chi connectivity index (χ2v) is 5.63. The van der Waals surface area contributed by atoms with Crippen LogP contribution >= 0.6 is 0 Å². The van der Waals surface area contributed by atoms with Crippen LogP contribution in [-0.4, -0.2) is 33.3 Å². The largest absolute Gasteiger partial charge is 0.355 e. The molecule has 0 saturated carbocycles. The van der Waals surface area contributed by atoms with Gasteiger partial charge in [-0.3, -0.25) is 5.10 Å².